The van der Waals surface area contributed by atoms with Crippen molar-refractivity contribution in [1.82, 2.24) is 0 Å². The Bertz CT molecular complexity index is 3250. The Morgan fingerprint density at radius 3 is 1.55 bits per heavy atom. The summed E-state index contributed by atoms with van der Waals surface area (Å²) in [6.45, 7) is 0. The summed E-state index contributed by atoms with van der Waals surface area (Å²) in [6, 6.07) is 80.6. The monoisotopic (exact) mass is 739 g/mol. The van der Waals surface area contributed by atoms with Gasteiger partial charge in [-0.05, 0) is 115 Å². The average Bonchev–Trinajstić information content (AvgIpc) is 3.68. The van der Waals surface area contributed by atoms with Gasteiger partial charge in [0.25, 0.3) is 0 Å². The van der Waals surface area contributed by atoms with Crippen molar-refractivity contribution in [2.45, 2.75) is 0 Å². The van der Waals surface area contributed by atoms with Crippen LogP contribution in [0.4, 0.5) is 17.1 Å². The van der Waals surface area contributed by atoms with Crippen molar-refractivity contribution in [3.63, 3.8) is 0 Å². The number of benzene rings is 10. The second-order valence-corrected chi connectivity index (χ2v) is 14.9. The van der Waals surface area contributed by atoms with Crippen molar-refractivity contribution in [1.29, 1.82) is 0 Å². The van der Waals surface area contributed by atoms with E-state index in [1.807, 2.05) is 6.07 Å². The molecule has 2 heteroatoms. The van der Waals surface area contributed by atoms with E-state index >= 15 is 0 Å². The first-order chi connectivity index (χ1) is 28.7. The topological polar surface area (TPSA) is 16.4 Å². The van der Waals surface area contributed by atoms with Gasteiger partial charge in [0.05, 0.1) is 0 Å². The van der Waals surface area contributed by atoms with Gasteiger partial charge in [-0.15, -0.1) is 0 Å². The summed E-state index contributed by atoms with van der Waals surface area (Å²) in [4.78, 5) is 2.35. The number of hydrogen-bond donors (Lipinski definition) is 0. The second-order valence-electron chi connectivity index (χ2n) is 14.9. The summed E-state index contributed by atoms with van der Waals surface area (Å²) in [5.41, 5.74) is 14.4. The van der Waals surface area contributed by atoms with E-state index in [0.717, 1.165) is 61.3 Å². The minimum absolute atomic E-state index is 0.896. The smallest absolute Gasteiger partial charge is 0.143 e. The van der Waals surface area contributed by atoms with Gasteiger partial charge < -0.3 is 9.32 Å². The van der Waals surface area contributed by atoms with Gasteiger partial charge in [-0.2, -0.15) is 0 Å². The van der Waals surface area contributed by atoms with Gasteiger partial charge in [-0.1, -0.05) is 170 Å². The first-order valence-electron chi connectivity index (χ1n) is 19.8. The van der Waals surface area contributed by atoms with Crippen LogP contribution in [0.25, 0.3) is 88.0 Å². The Morgan fingerprint density at radius 1 is 0.293 bits per heavy atom. The third-order valence-electron chi connectivity index (χ3n) is 11.5. The molecule has 58 heavy (non-hydrogen) atoms. The van der Waals surface area contributed by atoms with Crippen LogP contribution in [0.15, 0.2) is 229 Å². The highest BCUT2D eigenvalue weighted by atomic mass is 16.3. The highest BCUT2D eigenvalue weighted by Crippen LogP contribution is 2.44. The number of furan rings is 1. The third kappa shape index (κ3) is 5.91. The first-order valence-corrected chi connectivity index (χ1v) is 19.8. The van der Waals surface area contributed by atoms with Crippen LogP contribution >= 0.6 is 0 Å². The summed E-state index contributed by atoms with van der Waals surface area (Å²) in [6.07, 6.45) is 0. The van der Waals surface area contributed by atoms with E-state index in [1.54, 1.807) is 0 Å². The molecular formula is C56H37NO. The van der Waals surface area contributed by atoms with Crippen LogP contribution < -0.4 is 4.90 Å². The maximum Gasteiger partial charge on any atom is 0.143 e. The van der Waals surface area contributed by atoms with Crippen LogP contribution in [0, 0.1) is 0 Å². The molecule has 0 amide bonds. The number of nitrogens with zero attached hydrogens (tertiary/aromatic N) is 1. The third-order valence-corrected chi connectivity index (χ3v) is 11.5. The molecule has 1 aromatic heterocycles. The lowest BCUT2D eigenvalue weighted by Crippen LogP contribution is -2.09. The van der Waals surface area contributed by atoms with Crippen molar-refractivity contribution in [3.05, 3.63) is 224 Å². The van der Waals surface area contributed by atoms with Crippen molar-refractivity contribution >= 4 is 60.5 Å². The van der Waals surface area contributed by atoms with Gasteiger partial charge in [-0.25, -0.2) is 0 Å². The molecule has 2 nitrogen and oxygen atoms in total. The van der Waals surface area contributed by atoms with E-state index < -0.39 is 0 Å². The molecule has 0 saturated heterocycles. The van der Waals surface area contributed by atoms with Crippen LogP contribution in [0.2, 0.25) is 0 Å². The maximum atomic E-state index is 6.69. The largest absolute Gasteiger partial charge is 0.455 e. The number of para-hydroxylation sites is 1. The molecule has 0 N–H and O–H groups in total. The molecule has 0 aliphatic heterocycles. The molecular weight excluding hydrogens is 703 g/mol. The van der Waals surface area contributed by atoms with Crippen molar-refractivity contribution < 1.29 is 4.42 Å². The molecule has 10 aromatic carbocycles. The van der Waals surface area contributed by atoms with Crippen LogP contribution in [-0.2, 0) is 0 Å². The average molecular weight is 740 g/mol. The Labute approximate surface area is 337 Å². The Morgan fingerprint density at radius 2 is 0.828 bits per heavy atom. The fourth-order valence-corrected chi connectivity index (χ4v) is 8.60. The predicted molar refractivity (Wildman–Crippen MR) is 245 cm³/mol. The van der Waals surface area contributed by atoms with E-state index in [4.69, 9.17) is 4.42 Å². The van der Waals surface area contributed by atoms with Gasteiger partial charge in [0.15, 0.2) is 0 Å². The molecule has 11 rings (SSSR count). The van der Waals surface area contributed by atoms with Crippen LogP contribution in [0.5, 0.6) is 0 Å². The van der Waals surface area contributed by atoms with Crippen LogP contribution in [-0.4, -0.2) is 0 Å². The predicted octanol–water partition coefficient (Wildman–Crippen LogP) is 16.0. The minimum atomic E-state index is 0.896. The molecule has 0 unspecified atom stereocenters. The number of fused-ring (bicyclic) bond motifs is 5. The van der Waals surface area contributed by atoms with Crippen molar-refractivity contribution in [3.8, 4) is 44.5 Å². The van der Waals surface area contributed by atoms with E-state index in [1.165, 1.54) is 43.8 Å². The zero-order valence-corrected chi connectivity index (χ0v) is 31.7. The van der Waals surface area contributed by atoms with Gasteiger partial charge in [0.2, 0.25) is 0 Å². The molecule has 0 radical (unpaired) electrons. The van der Waals surface area contributed by atoms with Crippen LogP contribution in [0.3, 0.4) is 0 Å². The Hall–Kier alpha value is -7.68. The molecule has 272 valence electrons. The van der Waals surface area contributed by atoms with E-state index in [-0.39, 0.29) is 0 Å². The first kappa shape index (κ1) is 33.6. The van der Waals surface area contributed by atoms with Crippen molar-refractivity contribution in [2.75, 3.05) is 4.90 Å². The maximum absolute atomic E-state index is 6.69. The minimum Gasteiger partial charge on any atom is -0.455 e. The van der Waals surface area contributed by atoms with Gasteiger partial charge in [-0.3, -0.25) is 0 Å². The summed E-state index contributed by atoms with van der Waals surface area (Å²) in [7, 11) is 0. The van der Waals surface area contributed by atoms with Gasteiger partial charge in [0, 0.05) is 33.4 Å². The zero-order chi connectivity index (χ0) is 38.4. The second kappa shape index (κ2) is 14.1. The highest BCUT2D eigenvalue weighted by molar-refractivity contribution is 6.13. The SMILES string of the molecule is c1ccc(-c2ccc(N(c3ccc(-c4ccc5c(oc6ccccc65)c4-c4ccc5ccccc5c4)cc3)c3ccc(-c4cccc5ccccc45)cc3)cc2)cc1. The zero-order valence-electron chi connectivity index (χ0n) is 31.7. The summed E-state index contributed by atoms with van der Waals surface area (Å²) >= 11 is 0. The van der Waals surface area contributed by atoms with E-state index in [0.29, 0.717) is 0 Å². The van der Waals surface area contributed by atoms with Crippen LogP contribution in [0.1, 0.15) is 0 Å². The van der Waals surface area contributed by atoms with E-state index in [9.17, 15) is 0 Å². The molecule has 11 aromatic rings. The molecule has 0 atom stereocenters. The molecule has 0 saturated carbocycles. The lowest BCUT2D eigenvalue weighted by molar-refractivity contribution is 0.670. The fourth-order valence-electron chi connectivity index (χ4n) is 8.60. The lowest BCUT2D eigenvalue weighted by Gasteiger charge is -2.26. The lowest BCUT2D eigenvalue weighted by atomic mass is 9.91. The van der Waals surface area contributed by atoms with Gasteiger partial charge in [0.1, 0.15) is 11.2 Å². The molecule has 0 aliphatic carbocycles. The summed E-state index contributed by atoms with van der Waals surface area (Å²) in [5, 5.41) is 7.17. The number of hydrogen-bond acceptors (Lipinski definition) is 2. The van der Waals surface area contributed by atoms with E-state index in [2.05, 4.69) is 223 Å². The quantitative estimate of drug-likeness (QED) is 0.162. The molecule has 0 fully saturated rings. The number of anilines is 3. The summed E-state index contributed by atoms with van der Waals surface area (Å²) in [5.74, 6) is 0. The fraction of sp³-hybridized carbons (Fsp3) is 0. The molecule has 1 heterocycles. The Kier molecular flexibility index (Phi) is 8.19. The normalized spacial score (nSPS) is 11.4. The number of rotatable bonds is 7. The summed E-state index contributed by atoms with van der Waals surface area (Å²) < 4.78 is 6.69. The van der Waals surface area contributed by atoms with Gasteiger partial charge >= 0.3 is 0 Å². The molecule has 0 spiro atoms. The molecule has 0 aliphatic rings. The molecule has 0 bridgehead atoms. The highest BCUT2D eigenvalue weighted by Gasteiger charge is 2.19. The standard InChI is InChI=1S/C56H37NO/c1-2-11-38(12-3-1)40-23-29-46(30-24-40)57(47-31-25-42(26-32-47)50-19-10-16-41-14-6-7-17-49(41)50)48-33-27-43(28-34-48)51-35-36-53-52-18-8-9-20-54(52)58-56(53)55(51)45-22-21-39-13-4-5-15-44(39)37-45/h1-37H. The van der Waals surface area contributed by atoms with Crippen molar-refractivity contribution in [2.24, 2.45) is 0 Å². The Balaban J connectivity index is 1.03.